The van der Waals surface area contributed by atoms with Gasteiger partial charge in [0.2, 0.25) is 18.6 Å². The Balaban J connectivity index is 1.38. The van der Waals surface area contributed by atoms with E-state index in [0.717, 1.165) is 37.0 Å². The Morgan fingerprint density at radius 1 is 0.935 bits per heavy atom. The lowest BCUT2D eigenvalue weighted by Crippen LogP contribution is -2.38. The first-order chi connectivity index (χ1) is 15.1. The van der Waals surface area contributed by atoms with Crippen LogP contribution in [0.2, 0.25) is 0 Å². The quantitative estimate of drug-likeness (QED) is 0.690. The van der Waals surface area contributed by atoms with Gasteiger partial charge in [-0.2, -0.15) is 0 Å². The smallest absolute Gasteiger partial charge is 0.254 e. The molecule has 0 bridgehead atoms. The summed E-state index contributed by atoms with van der Waals surface area (Å²) in [6, 6.07) is 12.8. The van der Waals surface area contributed by atoms with Crippen molar-refractivity contribution in [1.29, 1.82) is 0 Å². The van der Waals surface area contributed by atoms with Crippen molar-refractivity contribution in [2.75, 3.05) is 11.7 Å². The van der Waals surface area contributed by atoms with Gasteiger partial charge in [0.05, 0.1) is 5.69 Å². The van der Waals surface area contributed by atoms with Crippen molar-refractivity contribution in [3.05, 3.63) is 53.6 Å². The molecule has 0 radical (unpaired) electrons. The first kappa shape index (κ1) is 19.6. The molecule has 31 heavy (non-hydrogen) atoms. The first-order valence-corrected chi connectivity index (χ1v) is 10.8. The molecule has 0 N–H and O–H groups in total. The number of hydrogen-bond donors (Lipinski definition) is 0. The number of imide groups is 1. The van der Waals surface area contributed by atoms with Gasteiger partial charge in [0.15, 0.2) is 11.5 Å². The fourth-order valence-corrected chi connectivity index (χ4v) is 4.60. The summed E-state index contributed by atoms with van der Waals surface area (Å²) in [7, 11) is 0. The van der Waals surface area contributed by atoms with Crippen LogP contribution in [-0.2, 0) is 16.1 Å². The minimum atomic E-state index is -0.195. The van der Waals surface area contributed by atoms with E-state index >= 15 is 0 Å². The van der Waals surface area contributed by atoms with Gasteiger partial charge in [-0.3, -0.25) is 19.3 Å². The molecule has 3 amide bonds. The molecular weight excluding hydrogens is 396 g/mol. The molecule has 0 aromatic heterocycles. The molecule has 3 aliphatic rings. The largest absolute Gasteiger partial charge is 0.454 e. The highest BCUT2D eigenvalue weighted by molar-refractivity contribution is 6.19. The number of carbonyl (C=O) groups is 3. The van der Waals surface area contributed by atoms with E-state index in [-0.39, 0.29) is 43.4 Å². The number of rotatable bonds is 5. The van der Waals surface area contributed by atoms with Gasteiger partial charge in [-0.1, -0.05) is 18.9 Å². The highest BCUT2D eigenvalue weighted by Crippen LogP contribution is 2.34. The number of carbonyl (C=O) groups excluding carboxylic acids is 3. The Bertz CT molecular complexity index is 1010. The van der Waals surface area contributed by atoms with Crippen molar-refractivity contribution in [1.82, 2.24) is 4.90 Å². The van der Waals surface area contributed by atoms with Crippen LogP contribution in [0.4, 0.5) is 5.69 Å². The SMILES string of the molecule is O=C1CCC(=O)N1c1ccc(C(=O)N(Cc2ccc3c(c2)OCO3)C2CCCC2)cc1. The summed E-state index contributed by atoms with van der Waals surface area (Å²) in [6.45, 7) is 0.712. The van der Waals surface area contributed by atoms with Gasteiger partial charge in [-0.05, 0) is 54.8 Å². The fourth-order valence-electron chi connectivity index (χ4n) is 4.60. The molecule has 1 saturated carbocycles. The first-order valence-electron chi connectivity index (χ1n) is 10.8. The molecule has 7 heteroatoms. The Kier molecular flexibility index (Phi) is 5.10. The summed E-state index contributed by atoms with van der Waals surface area (Å²) < 4.78 is 10.9. The number of ether oxygens (including phenoxy) is 2. The van der Waals surface area contributed by atoms with Gasteiger partial charge in [-0.25, -0.2) is 0 Å². The van der Waals surface area contributed by atoms with Gasteiger partial charge >= 0.3 is 0 Å². The van der Waals surface area contributed by atoms with E-state index in [0.29, 0.717) is 23.5 Å². The summed E-state index contributed by atoms with van der Waals surface area (Å²) in [6.07, 6.45) is 4.70. The Morgan fingerprint density at radius 3 is 2.32 bits per heavy atom. The Hall–Kier alpha value is -3.35. The maximum Gasteiger partial charge on any atom is 0.254 e. The highest BCUT2D eigenvalue weighted by Gasteiger charge is 2.31. The average molecular weight is 420 g/mol. The second kappa shape index (κ2) is 8.06. The summed E-state index contributed by atoms with van der Waals surface area (Å²) >= 11 is 0. The predicted molar refractivity (Wildman–Crippen MR) is 113 cm³/mol. The van der Waals surface area contributed by atoms with E-state index < -0.39 is 0 Å². The second-order valence-corrected chi connectivity index (χ2v) is 8.23. The zero-order valence-electron chi connectivity index (χ0n) is 17.2. The van der Waals surface area contributed by atoms with Crippen molar-refractivity contribution in [2.45, 2.75) is 51.1 Å². The maximum atomic E-state index is 13.5. The molecule has 1 saturated heterocycles. The fraction of sp³-hybridized carbons (Fsp3) is 0.375. The maximum absolute atomic E-state index is 13.5. The third-order valence-corrected chi connectivity index (χ3v) is 6.24. The zero-order valence-corrected chi connectivity index (χ0v) is 17.2. The Morgan fingerprint density at radius 2 is 1.61 bits per heavy atom. The predicted octanol–water partition coefficient (Wildman–Crippen LogP) is 3.65. The standard InChI is InChI=1S/C24H24N2O5/c27-22-11-12-23(28)26(22)19-8-6-17(7-9-19)24(29)25(18-3-1-2-4-18)14-16-5-10-20-21(13-16)31-15-30-20/h5-10,13,18H,1-4,11-12,14-15H2. The number of fused-ring (bicyclic) bond motifs is 1. The summed E-state index contributed by atoms with van der Waals surface area (Å²) in [4.78, 5) is 40.6. The van der Waals surface area contributed by atoms with Crippen molar-refractivity contribution in [3.8, 4) is 11.5 Å². The minimum absolute atomic E-state index is 0.0461. The van der Waals surface area contributed by atoms with Gasteiger partial charge in [0.1, 0.15) is 0 Å². The van der Waals surface area contributed by atoms with E-state index in [4.69, 9.17) is 9.47 Å². The molecule has 0 spiro atoms. The Labute approximate surface area is 180 Å². The van der Waals surface area contributed by atoms with Crippen LogP contribution < -0.4 is 14.4 Å². The summed E-state index contributed by atoms with van der Waals surface area (Å²) in [5, 5.41) is 0. The van der Waals surface area contributed by atoms with Crippen LogP contribution in [0.15, 0.2) is 42.5 Å². The van der Waals surface area contributed by atoms with Crippen LogP contribution in [0, 0.1) is 0 Å². The minimum Gasteiger partial charge on any atom is -0.454 e. The molecule has 5 rings (SSSR count). The molecular formula is C24H24N2O5. The monoisotopic (exact) mass is 420 g/mol. The van der Waals surface area contributed by atoms with E-state index in [1.165, 1.54) is 4.90 Å². The lowest BCUT2D eigenvalue weighted by molar-refractivity contribution is -0.121. The molecule has 1 aliphatic carbocycles. The summed E-state index contributed by atoms with van der Waals surface area (Å²) in [5.41, 5.74) is 2.07. The van der Waals surface area contributed by atoms with Gasteiger partial charge < -0.3 is 14.4 Å². The molecule has 2 heterocycles. The molecule has 160 valence electrons. The molecule has 2 aromatic carbocycles. The van der Waals surface area contributed by atoms with Crippen LogP contribution in [0.25, 0.3) is 0 Å². The number of benzene rings is 2. The third kappa shape index (κ3) is 3.76. The van der Waals surface area contributed by atoms with Crippen LogP contribution >= 0.6 is 0 Å². The number of amides is 3. The molecule has 0 unspecified atom stereocenters. The lowest BCUT2D eigenvalue weighted by atomic mass is 10.1. The van der Waals surface area contributed by atoms with Crippen LogP contribution in [0.1, 0.15) is 54.4 Å². The van der Waals surface area contributed by atoms with Crippen LogP contribution in [0.5, 0.6) is 11.5 Å². The van der Waals surface area contributed by atoms with E-state index in [9.17, 15) is 14.4 Å². The van der Waals surface area contributed by atoms with Crippen molar-refractivity contribution in [3.63, 3.8) is 0 Å². The van der Waals surface area contributed by atoms with Crippen molar-refractivity contribution >= 4 is 23.4 Å². The molecule has 2 fully saturated rings. The molecule has 7 nitrogen and oxygen atoms in total. The second-order valence-electron chi connectivity index (χ2n) is 8.23. The van der Waals surface area contributed by atoms with Crippen molar-refractivity contribution in [2.24, 2.45) is 0 Å². The van der Waals surface area contributed by atoms with Crippen molar-refractivity contribution < 1.29 is 23.9 Å². The molecule has 0 atom stereocenters. The lowest BCUT2D eigenvalue weighted by Gasteiger charge is -2.29. The van der Waals surface area contributed by atoms with E-state index in [1.54, 1.807) is 24.3 Å². The number of anilines is 1. The zero-order chi connectivity index (χ0) is 21.4. The third-order valence-electron chi connectivity index (χ3n) is 6.24. The highest BCUT2D eigenvalue weighted by atomic mass is 16.7. The topological polar surface area (TPSA) is 76.2 Å². The van der Waals surface area contributed by atoms with Gasteiger partial charge in [-0.15, -0.1) is 0 Å². The molecule has 2 aliphatic heterocycles. The average Bonchev–Trinajstić information content (AvgIpc) is 3.53. The van der Waals surface area contributed by atoms with E-state index in [1.807, 2.05) is 23.1 Å². The molecule has 2 aromatic rings. The van der Waals surface area contributed by atoms with Crippen LogP contribution in [0.3, 0.4) is 0 Å². The van der Waals surface area contributed by atoms with E-state index in [2.05, 4.69) is 0 Å². The normalized spacial score (nSPS) is 18.1. The van der Waals surface area contributed by atoms with Crippen LogP contribution in [-0.4, -0.2) is 35.5 Å². The number of nitrogens with zero attached hydrogens (tertiary/aromatic N) is 2. The van der Waals surface area contributed by atoms with Gasteiger partial charge in [0.25, 0.3) is 5.91 Å². The van der Waals surface area contributed by atoms with Gasteiger partial charge in [0, 0.05) is 31.0 Å². The number of hydrogen-bond acceptors (Lipinski definition) is 5. The summed E-state index contributed by atoms with van der Waals surface area (Å²) in [5.74, 6) is 0.999.